The molecular weight excluding hydrogens is 476 g/mol. The van der Waals surface area contributed by atoms with Gasteiger partial charge in [0, 0.05) is 0 Å². The molecule has 2 aromatic rings. The third-order valence-corrected chi connectivity index (χ3v) is 4.53. The minimum Gasteiger partial charge on any atom is -0.506 e. The van der Waals surface area contributed by atoms with Crippen molar-refractivity contribution in [2.45, 2.75) is 10.7 Å². The van der Waals surface area contributed by atoms with Crippen molar-refractivity contribution in [1.82, 2.24) is 0 Å². The number of phenolic OH excluding ortho intramolecular Hbond substituents is 1. The number of benzene rings is 1. The molecule has 0 bridgehead atoms. The normalized spacial score (nSPS) is 11.1. The summed E-state index contributed by atoms with van der Waals surface area (Å²) in [6.45, 7) is 1.61. The number of methoxy groups -OCH3 is 1. The number of furan rings is 1. The van der Waals surface area contributed by atoms with Crippen LogP contribution in [0.5, 0.6) is 5.75 Å². The maximum Gasteiger partial charge on any atom is 0.342 e. The Morgan fingerprint density at radius 1 is 1.38 bits per heavy atom. The highest BCUT2D eigenvalue weighted by atomic mass is 79.9. The van der Waals surface area contributed by atoms with E-state index in [1.165, 1.54) is 13.2 Å². The molecule has 0 atom stereocenters. The molecule has 1 heterocycles. The van der Waals surface area contributed by atoms with Gasteiger partial charge in [-0.3, -0.25) is 4.79 Å². The largest absolute Gasteiger partial charge is 0.506 e. The molecule has 0 spiro atoms. The fourth-order valence-electron chi connectivity index (χ4n) is 1.98. The van der Waals surface area contributed by atoms with Gasteiger partial charge in [0.25, 0.3) is 0 Å². The highest BCUT2D eigenvalue weighted by Gasteiger charge is 2.27. The third-order valence-electron chi connectivity index (χ3n) is 2.92. The van der Waals surface area contributed by atoms with E-state index in [0.29, 0.717) is 16.7 Å². The molecule has 8 heteroatoms. The second-order valence-corrected chi connectivity index (χ2v) is 8.00. The maximum absolute atomic E-state index is 12.0. The van der Waals surface area contributed by atoms with Gasteiger partial charge in [0.15, 0.2) is 5.78 Å². The van der Waals surface area contributed by atoms with Crippen molar-refractivity contribution in [3.8, 4) is 5.75 Å². The van der Waals surface area contributed by atoms with Crippen molar-refractivity contribution in [2.24, 2.45) is 0 Å². The number of esters is 1. The summed E-state index contributed by atoms with van der Waals surface area (Å²) in [6.07, 6.45) is 0. The average molecular weight is 485 g/mol. The Labute approximate surface area is 145 Å². The number of aromatic hydroxyl groups is 1. The number of alkyl halides is 2. The number of phenols is 1. The van der Waals surface area contributed by atoms with Crippen LogP contribution in [0.25, 0.3) is 11.0 Å². The zero-order chi connectivity index (χ0) is 15.9. The first-order chi connectivity index (χ1) is 9.79. The Morgan fingerprint density at radius 3 is 2.52 bits per heavy atom. The summed E-state index contributed by atoms with van der Waals surface area (Å²) >= 11 is 9.39. The van der Waals surface area contributed by atoms with Gasteiger partial charge in [-0.25, -0.2) is 4.79 Å². The van der Waals surface area contributed by atoms with Crippen LogP contribution in [0.1, 0.15) is 26.5 Å². The molecule has 0 radical (unpaired) electrons. The van der Waals surface area contributed by atoms with Crippen LogP contribution in [-0.2, 0) is 4.74 Å². The smallest absolute Gasteiger partial charge is 0.342 e. The summed E-state index contributed by atoms with van der Waals surface area (Å²) in [7, 11) is 1.26. The second kappa shape index (κ2) is 6.10. The van der Waals surface area contributed by atoms with E-state index < -0.39 is 9.71 Å². The van der Waals surface area contributed by atoms with Crippen LogP contribution in [0.2, 0.25) is 0 Å². The monoisotopic (exact) mass is 482 g/mol. The number of ether oxygens (including phenoxy) is 1. The highest BCUT2D eigenvalue weighted by Crippen LogP contribution is 2.41. The molecule has 5 nitrogen and oxygen atoms in total. The Kier molecular flexibility index (Phi) is 4.79. The van der Waals surface area contributed by atoms with E-state index in [9.17, 15) is 14.7 Å². The molecule has 0 aliphatic heterocycles. The SMILES string of the molecule is COC(=O)c1c(C)oc2cc(C(=O)C(Br)Br)c(O)c(Br)c12. The van der Waals surface area contributed by atoms with Crippen LogP contribution < -0.4 is 0 Å². The highest BCUT2D eigenvalue weighted by molar-refractivity contribution is 9.25. The lowest BCUT2D eigenvalue weighted by Crippen LogP contribution is -2.08. The van der Waals surface area contributed by atoms with Crippen molar-refractivity contribution < 1.29 is 23.8 Å². The molecule has 0 aliphatic rings. The third kappa shape index (κ3) is 2.76. The standard InChI is InChI=1S/C13H9Br3O5/c1-4-7(13(19)20-2)8-6(21-4)3-5(10(17)9(8)14)11(18)12(15)16/h3,12,17H,1-2H3. The summed E-state index contributed by atoms with van der Waals surface area (Å²) in [5.74, 6) is -0.869. The predicted octanol–water partition coefficient (Wildman–Crippen LogP) is 4.29. The summed E-state index contributed by atoms with van der Waals surface area (Å²) < 4.78 is 9.78. The Balaban J connectivity index is 2.81. The number of ketones is 1. The number of halogens is 3. The van der Waals surface area contributed by atoms with Gasteiger partial charge in [0.1, 0.15) is 26.4 Å². The number of carbonyl (C=O) groups is 2. The molecule has 0 unspecified atom stereocenters. The Morgan fingerprint density at radius 2 is 2.00 bits per heavy atom. The molecule has 0 amide bonds. The zero-order valence-electron chi connectivity index (χ0n) is 10.9. The second-order valence-electron chi connectivity index (χ2n) is 4.15. The first-order valence-corrected chi connectivity index (χ1v) is 8.27. The van der Waals surface area contributed by atoms with Crippen molar-refractivity contribution in [3.63, 3.8) is 0 Å². The van der Waals surface area contributed by atoms with E-state index in [1.54, 1.807) is 6.92 Å². The number of aryl methyl sites for hydroxylation is 1. The number of hydrogen-bond donors (Lipinski definition) is 1. The van der Waals surface area contributed by atoms with Crippen LogP contribution in [0.3, 0.4) is 0 Å². The van der Waals surface area contributed by atoms with E-state index in [0.717, 1.165) is 0 Å². The van der Waals surface area contributed by atoms with Gasteiger partial charge in [-0.05, 0) is 28.9 Å². The molecule has 1 aromatic heterocycles. The summed E-state index contributed by atoms with van der Waals surface area (Å²) in [5.41, 5.74) is 0.586. The molecule has 112 valence electrons. The minimum absolute atomic E-state index is 0.0679. The molecule has 1 aromatic carbocycles. The van der Waals surface area contributed by atoms with Crippen LogP contribution in [-0.4, -0.2) is 27.7 Å². The van der Waals surface area contributed by atoms with E-state index in [2.05, 4.69) is 47.8 Å². The van der Waals surface area contributed by atoms with Crippen molar-refractivity contribution in [2.75, 3.05) is 7.11 Å². The first-order valence-electron chi connectivity index (χ1n) is 5.64. The van der Waals surface area contributed by atoms with Gasteiger partial charge in [-0.2, -0.15) is 0 Å². The average Bonchev–Trinajstić information content (AvgIpc) is 2.77. The van der Waals surface area contributed by atoms with E-state index in [-0.39, 0.29) is 27.1 Å². The number of fused-ring (bicyclic) bond motifs is 1. The first kappa shape index (κ1) is 16.5. The summed E-state index contributed by atoms with van der Waals surface area (Å²) in [6, 6.07) is 1.40. The lowest BCUT2D eigenvalue weighted by atomic mass is 10.1. The Bertz CT molecular complexity index is 748. The van der Waals surface area contributed by atoms with E-state index in [1.807, 2.05) is 0 Å². The maximum atomic E-state index is 12.0. The van der Waals surface area contributed by atoms with Crippen LogP contribution in [0, 0.1) is 6.92 Å². The van der Waals surface area contributed by atoms with Crippen molar-refractivity contribution in [1.29, 1.82) is 0 Å². The van der Waals surface area contributed by atoms with Crippen LogP contribution >= 0.6 is 47.8 Å². The molecule has 0 aliphatic carbocycles. The molecule has 21 heavy (non-hydrogen) atoms. The molecule has 2 rings (SSSR count). The molecule has 0 fully saturated rings. The number of Topliss-reactive ketones (excluding diaryl/α,β-unsaturated/α-hetero) is 1. The molecule has 1 N–H and O–H groups in total. The zero-order valence-corrected chi connectivity index (χ0v) is 15.6. The van der Waals surface area contributed by atoms with Gasteiger partial charge in [-0.1, -0.05) is 31.9 Å². The van der Waals surface area contributed by atoms with Gasteiger partial charge < -0.3 is 14.3 Å². The molecule has 0 saturated heterocycles. The molecular formula is C13H9Br3O5. The van der Waals surface area contributed by atoms with Gasteiger partial charge >= 0.3 is 5.97 Å². The van der Waals surface area contributed by atoms with E-state index in [4.69, 9.17) is 9.15 Å². The van der Waals surface area contributed by atoms with E-state index >= 15 is 0 Å². The van der Waals surface area contributed by atoms with Crippen molar-refractivity contribution >= 4 is 70.5 Å². The van der Waals surface area contributed by atoms with Gasteiger partial charge in [0.05, 0.1) is 22.5 Å². The summed E-state index contributed by atoms with van der Waals surface area (Å²) in [5, 5.41) is 10.6. The summed E-state index contributed by atoms with van der Waals surface area (Å²) in [4.78, 5) is 23.9. The lowest BCUT2D eigenvalue weighted by Gasteiger charge is -2.08. The van der Waals surface area contributed by atoms with Gasteiger partial charge in [-0.15, -0.1) is 0 Å². The van der Waals surface area contributed by atoms with Crippen molar-refractivity contribution in [3.05, 3.63) is 27.4 Å². The Hall–Kier alpha value is -0.860. The number of carbonyl (C=O) groups excluding carboxylic acids is 2. The fourth-order valence-corrected chi connectivity index (χ4v) is 3.08. The lowest BCUT2D eigenvalue weighted by molar-refractivity contribution is 0.0600. The quantitative estimate of drug-likeness (QED) is 0.399. The van der Waals surface area contributed by atoms with Crippen LogP contribution in [0.15, 0.2) is 15.0 Å². The fraction of sp³-hybridized carbons (Fsp3) is 0.231. The number of rotatable bonds is 3. The minimum atomic E-state index is -0.642. The van der Waals surface area contributed by atoms with Gasteiger partial charge in [0.2, 0.25) is 0 Å². The van der Waals surface area contributed by atoms with Crippen LogP contribution in [0.4, 0.5) is 0 Å². The topological polar surface area (TPSA) is 76.7 Å². The predicted molar refractivity (Wildman–Crippen MR) is 87.6 cm³/mol. The molecule has 0 saturated carbocycles. The number of hydrogen-bond acceptors (Lipinski definition) is 5.